The Balaban J connectivity index is 0.000000304. The second-order valence-electron chi connectivity index (χ2n) is 8.30. The van der Waals surface area contributed by atoms with Crippen molar-refractivity contribution in [2.24, 2.45) is 7.05 Å². The fourth-order valence-electron chi connectivity index (χ4n) is 3.39. The first-order chi connectivity index (χ1) is 18.0. The molecule has 0 radical (unpaired) electrons. The number of hydrogen-bond acceptors (Lipinski definition) is 5. The predicted octanol–water partition coefficient (Wildman–Crippen LogP) is 8.01. The molecule has 11 heteroatoms. The molecule has 0 saturated heterocycles. The van der Waals surface area contributed by atoms with Gasteiger partial charge in [0.25, 0.3) is 0 Å². The summed E-state index contributed by atoms with van der Waals surface area (Å²) < 4.78 is 20.6. The highest BCUT2D eigenvalue weighted by Gasteiger charge is 2.13. The first-order valence-electron chi connectivity index (χ1n) is 11.0. The van der Waals surface area contributed by atoms with E-state index in [1.54, 1.807) is 6.07 Å². The molecule has 0 fully saturated rings. The third-order valence-electron chi connectivity index (χ3n) is 5.26. The molecule has 6 nitrogen and oxygen atoms in total. The van der Waals surface area contributed by atoms with E-state index in [0.717, 1.165) is 29.7 Å². The first-order valence-corrected chi connectivity index (χ1v) is 12.5. The van der Waals surface area contributed by atoms with Gasteiger partial charge in [-0.15, -0.1) is 0 Å². The summed E-state index contributed by atoms with van der Waals surface area (Å²) in [7, 11) is 6.02. The summed E-state index contributed by atoms with van der Waals surface area (Å²) in [5.41, 5.74) is 2.14. The van der Waals surface area contributed by atoms with Crippen molar-refractivity contribution in [1.82, 2.24) is 14.5 Å². The van der Waals surface area contributed by atoms with Crippen molar-refractivity contribution in [1.29, 1.82) is 0 Å². The number of aldehydes is 2. The molecule has 1 aromatic heterocycles. The Morgan fingerprint density at radius 1 is 0.921 bits per heavy atom. The molecule has 0 aliphatic carbocycles. The molecule has 198 valence electrons. The molecule has 4 aromatic rings. The van der Waals surface area contributed by atoms with Crippen molar-refractivity contribution in [3.63, 3.8) is 0 Å². The number of imidazole rings is 1. The highest BCUT2D eigenvalue weighted by Crippen LogP contribution is 2.33. The van der Waals surface area contributed by atoms with E-state index in [1.165, 1.54) is 12.1 Å². The Morgan fingerprint density at radius 3 is 2.05 bits per heavy atom. The van der Waals surface area contributed by atoms with Crippen molar-refractivity contribution in [3.8, 4) is 22.8 Å². The summed E-state index contributed by atoms with van der Waals surface area (Å²) in [6, 6.07) is 13.0. The van der Waals surface area contributed by atoms with Crippen molar-refractivity contribution < 1.29 is 18.7 Å². The van der Waals surface area contributed by atoms with Crippen LogP contribution in [0.5, 0.6) is 11.5 Å². The molecule has 1 heterocycles. The molecule has 0 bridgehead atoms. The van der Waals surface area contributed by atoms with Gasteiger partial charge in [-0.3, -0.25) is 9.59 Å². The summed E-state index contributed by atoms with van der Waals surface area (Å²) in [4.78, 5) is 28.0. The number of ether oxygens (including phenoxy) is 1. The van der Waals surface area contributed by atoms with Gasteiger partial charge in [0.2, 0.25) is 0 Å². The van der Waals surface area contributed by atoms with Crippen LogP contribution in [-0.4, -0.2) is 41.1 Å². The highest BCUT2D eigenvalue weighted by atomic mass is 35.5. The molecule has 0 atom stereocenters. The van der Waals surface area contributed by atoms with Crippen LogP contribution < -0.4 is 4.74 Å². The van der Waals surface area contributed by atoms with Crippen molar-refractivity contribution in [2.45, 2.75) is 6.54 Å². The predicted molar refractivity (Wildman–Crippen MR) is 150 cm³/mol. The maximum absolute atomic E-state index is 12.7. The van der Waals surface area contributed by atoms with Crippen LogP contribution in [0.25, 0.3) is 11.3 Å². The van der Waals surface area contributed by atoms with E-state index >= 15 is 0 Å². The smallest absolute Gasteiger partial charge is 0.155 e. The zero-order valence-electron chi connectivity index (χ0n) is 20.5. The SMILES string of the molecule is CN(C)Cc1ncc(-c2ccc(Oc3cc(Cl)cc(Cl)c3C=O)cc2)n1C.O=Cc1c(F)cc(Cl)cc1Cl. The van der Waals surface area contributed by atoms with Crippen LogP contribution in [0.3, 0.4) is 0 Å². The van der Waals surface area contributed by atoms with E-state index in [2.05, 4.69) is 14.5 Å². The zero-order valence-corrected chi connectivity index (χ0v) is 23.5. The fraction of sp³-hybridized carbons (Fsp3) is 0.148. The van der Waals surface area contributed by atoms with Crippen LogP contribution >= 0.6 is 46.4 Å². The van der Waals surface area contributed by atoms with Gasteiger partial charge in [0.05, 0.1) is 39.6 Å². The van der Waals surface area contributed by atoms with Gasteiger partial charge in [-0.2, -0.15) is 0 Å². The lowest BCUT2D eigenvalue weighted by Gasteiger charge is -2.12. The van der Waals surface area contributed by atoms with Crippen molar-refractivity contribution >= 4 is 59.0 Å². The summed E-state index contributed by atoms with van der Waals surface area (Å²) in [5, 5.41) is 0.871. The molecule has 0 aliphatic rings. The van der Waals surface area contributed by atoms with E-state index in [-0.39, 0.29) is 26.2 Å². The number of hydrogen-bond donors (Lipinski definition) is 0. The van der Waals surface area contributed by atoms with Crippen LogP contribution in [0, 0.1) is 5.82 Å². The Labute approximate surface area is 239 Å². The number of carbonyl (C=O) groups is 2. The van der Waals surface area contributed by atoms with Gasteiger partial charge in [0.15, 0.2) is 12.6 Å². The Kier molecular flexibility index (Phi) is 10.3. The van der Waals surface area contributed by atoms with Gasteiger partial charge in [0, 0.05) is 28.7 Å². The molecule has 0 amide bonds. The third kappa shape index (κ3) is 7.34. The van der Waals surface area contributed by atoms with Crippen molar-refractivity contribution in [3.05, 3.63) is 97.6 Å². The van der Waals surface area contributed by atoms with Crippen LogP contribution in [0.2, 0.25) is 20.1 Å². The average molecular weight is 597 g/mol. The van der Waals surface area contributed by atoms with E-state index in [4.69, 9.17) is 51.1 Å². The molecule has 0 spiro atoms. The molecule has 0 saturated carbocycles. The van der Waals surface area contributed by atoms with Crippen LogP contribution in [-0.2, 0) is 13.6 Å². The molecule has 4 rings (SSSR count). The number of rotatable bonds is 7. The molecular weight excluding hydrogens is 575 g/mol. The largest absolute Gasteiger partial charge is 0.457 e. The third-order valence-corrected chi connectivity index (χ3v) is 6.32. The minimum Gasteiger partial charge on any atom is -0.457 e. The average Bonchev–Trinajstić information content (AvgIpc) is 3.19. The van der Waals surface area contributed by atoms with Gasteiger partial charge in [-0.1, -0.05) is 46.4 Å². The normalized spacial score (nSPS) is 10.7. The second-order valence-corrected chi connectivity index (χ2v) is 9.99. The molecule has 0 N–H and O–H groups in total. The molecule has 0 unspecified atom stereocenters. The monoisotopic (exact) mass is 595 g/mol. The van der Waals surface area contributed by atoms with E-state index < -0.39 is 5.82 Å². The van der Waals surface area contributed by atoms with Gasteiger partial charge in [-0.25, -0.2) is 9.37 Å². The van der Waals surface area contributed by atoms with Gasteiger partial charge in [-0.05, 0) is 56.6 Å². The van der Waals surface area contributed by atoms with E-state index in [1.807, 2.05) is 51.6 Å². The summed E-state index contributed by atoms with van der Waals surface area (Å²) >= 11 is 23.0. The Bertz CT molecular complexity index is 1430. The van der Waals surface area contributed by atoms with Crippen LogP contribution in [0.1, 0.15) is 26.5 Å². The summed E-state index contributed by atoms with van der Waals surface area (Å²) in [6.45, 7) is 0.766. The Hall–Kier alpha value is -2.94. The molecule has 0 aliphatic heterocycles. The minimum atomic E-state index is -0.697. The lowest BCUT2D eigenvalue weighted by molar-refractivity contribution is 0.111. The number of nitrogens with zero attached hydrogens (tertiary/aromatic N) is 3. The lowest BCUT2D eigenvalue weighted by atomic mass is 10.1. The number of aromatic nitrogens is 2. The number of carbonyl (C=O) groups excluding carboxylic acids is 2. The van der Waals surface area contributed by atoms with Gasteiger partial charge < -0.3 is 14.2 Å². The minimum absolute atomic E-state index is 0.0324. The highest BCUT2D eigenvalue weighted by molar-refractivity contribution is 6.37. The van der Waals surface area contributed by atoms with E-state index in [9.17, 15) is 14.0 Å². The van der Waals surface area contributed by atoms with Gasteiger partial charge >= 0.3 is 0 Å². The summed E-state index contributed by atoms with van der Waals surface area (Å²) in [6.07, 6.45) is 2.87. The quantitative estimate of drug-likeness (QED) is 0.202. The number of benzene rings is 3. The van der Waals surface area contributed by atoms with Crippen molar-refractivity contribution in [2.75, 3.05) is 14.1 Å². The first kappa shape index (κ1) is 29.6. The Morgan fingerprint density at radius 2 is 1.50 bits per heavy atom. The zero-order chi connectivity index (χ0) is 28.0. The van der Waals surface area contributed by atoms with Crippen LogP contribution in [0.4, 0.5) is 4.39 Å². The maximum atomic E-state index is 12.7. The van der Waals surface area contributed by atoms with Gasteiger partial charge in [0.1, 0.15) is 23.1 Å². The summed E-state index contributed by atoms with van der Waals surface area (Å²) in [5.74, 6) is 1.19. The van der Waals surface area contributed by atoms with Crippen LogP contribution in [0.15, 0.2) is 54.7 Å². The molecule has 38 heavy (non-hydrogen) atoms. The molecular formula is C27H22Cl4FN3O3. The van der Waals surface area contributed by atoms with E-state index in [0.29, 0.717) is 29.1 Å². The molecule has 3 aromatic carbocycles. The lowest BCUT2D eigenvalue weighted by Crippen LogP contribution is -2.14. The fourth-order valence-corrected chi connectivity index (χ4v) is 4.42. The number of halogens is 5. The second kappa shape index (κ2) is 13.2. The maximum Gasteiger partial charge on any atom is 0.155 e. The standard InChI is InChI=1S/C20H19Cl2N3O2.C7H3Cl2FO/c1-24(2)11-20-23-10-18(25(20)3)13-4-6-15(7-5-13)27-19-9-14(21)8-17(22)16(19)12-26;8-4-1-6(9)5(3-11)7(10)2-4/h4-10,12H,11H2,1-3H3;1-3H. The topological polar surface area (TPSA) is 64.4 Å².